The highest BCUT2D eigenvalue weighted by molar-refractivity contribution is 5.84. The quantitative estimate of drug-likeness (QED) is 0.401. The van der Waals surface area contributed by atoms with E-state index in [1.54, 1.807) is 14.2 Å². The summed E-state index contributed by atoms with van der Waals surface area (Å²) in [5.41, 5.74) is 7.85. The molecule has 1 fully saturated rings. The van der Waals surface area contributed by atoms with Crippen LogP contribution in [0.25, 0.3) is 10.9 Å². The highest BCUT2D eigenvalue weighted by Crippen LogP contribution is 2.36. The molecule has 2 N–H and O–H groups in total. The molecule has 3 heterocycles. The molecule has 0 radical (unpaired) electrons. The lowest BCUT2D eigenvalue weighted by molar-refractivity contribution is 0.125. The van der Waals surface area contributed by atoms with Gasteiger partial charge in [-0.1, -0.05) is 30.7 Å². The number of nitrogens with one attached hydrogen (secondary N) is 2. The lowest BCUT2D eigenvalue weighted by atomic mass is 9.93. The SMILES string of the molecule is COCCN[N+]1(c2nc3cc(OC)cc(C4CCCCN4C)c3c(=O)[nH]2)CCc2ccccc2C1. The van der Waals surface area contributed by atoms with Crippen molar-refractivity contribution in [2.45, 2.75) is 38.3 Å². The first-order valence-electron chi connectivity index (χ1n) is 12.6. The molecule has 2 atom stereocenters. The minimum Gasteiger partial charge on any atom is -0.497 e. The predicted octanol–water partition coefficient (Wildman–Crippen LogP) is 3.30. The number of aromatic nitrogens is 2. The van der Waals surface area contributed by atoms with Gasteiger partial charge in [-0.15, -0.1) is 0 Å². The molecule has 0 saturated carbocycles. The molecule has 3 aromatic rings. The van der Waals surface area contributed by atoms with Crippen LogP contribution in [-0.4, -0.2) is 62.4 Å². The number of H-pyrrole nitrogens is 1. The molecule has 2 aliphatic heterocycles. The van der Waals surface area contributed by atoms with Crippen LogP contribution >= 0.6 is 0 Å². The van der Waals surface area contributed by atoms with Gasteiger partial charge in [0, 0.05) is 31.2 Å². The van der Waals surface area contributed by atoms with Gasteiger partial charge < -0.3 is 9.47 Å². The van der Waals surface area contributed by atoms with Crippen LogP contribution in [0.5, 0.6) is 5.75 Å². The van der Waals surface area contributed by atoms with E-state index in [1.807, 2.05) is 12.1 Å². The van der Waals surface area contributed by atoms with E-state index in [0.717, 1.165) is 43.7 Å². The van der Waals surface area contributed by atoms with E-state index >= 15 is 0 Å². The minimum absolute atomic E-state index is 0.0912. The van der Waals surface area contributed by atoms with Crippen molar-refractivity contribution in [1.29, 1.82) is 0 Å². The Morgan fingerprint density at radius 3 is 2.80 bits per heavy atom. The lowest BCUT2D eigenvalue weighted by Crippen LogP contribution is -2.63. The number of benzene rings is 2. The first-order chi connectivity index (χ1) is 17.0. The maximum absolute atomic E-state index is 13.7. The Balaban J connectivity index is 1.64. The van der Waals surface area contributed by atoms with Gasteiger partial charge in [0.1, 0.15) is 18.8 Å². The van der Waals surface area contributed by atoms with Gasteiger partial charge in [0.25, 0.3) is 5.56 Å². The van der Waals surface area contributed by atoms with Crippen LogP contribution in [0.2, 0.25) is 0 Å². The number of fused-ring (bicyclic) bond motifs is 2. The van der Waals surface area contributed by atoms with Crippen molar-refractivity contribution in [3.05, 3.63) is 63.4 Å². The average molecular weight is 479 g/mol. The second kappa shape index (κ2) is 10.1. The Morgan fingerprint density at radius 1 is 1.20 bits per heavy atom. The molecule has 2 aliphatic rings. The van der Waals surface area contributed by atoms with Crippen molar-refractivity contribution in [1.82, 2.24) is 24.9 Å². The second-order valence-electron chi connectivity index (χ2n) is 9.76. The van der Waals surface area contributed by atoms with E-state index < -0.39 is 0 Å². The molecule has 0 bridgehead atoms. The van der Waals surface area contributed by atoms with E-state index in [9.17, 15) is 4.79 Å². The smallest absolute Gasteiger partial charge is 0.330 e. The number of hydrogen-bond acceptors (Lipinski definition) is 6. The zero-order valence-electron chi connectivity index (χ0n) is 21.0. The molecular weight excluding hydrogens is 442 g/mol. The molecule has 0 amide bonds. The van der Waals surface area contributed by atoms with Crippen LogP contribution in [0.1, 0.15) is 42.0 Å². The molecule has 8 nitrogen and oxygen atoms in total. The number of piperidine rings is 1. The normalized spacial score (nSPS) is 22.8. The lowest BCUT2D eigenvalue weighted by Gasteiger charge is -2.39. The summed E-state index contributed by atoms with van der Waals surface area (Å²) in [7, 11) is 5.51. The Labute approximate surface area is 206 Å². The van der Waals surface area contributed by atoms with Crippen LogP contribution < -0.4 is 20.3 Å². The highest BCUT2D eigenvalue weighted by Gasteiger charge is 2.39. The second-order valence-corrected chi connectivity index (χ2v) is 9.76. The summed E-state index contributed by atoms with van der Waals surface area (Å²) in [5, 5.41) is 0.667. The standard InChI is InChI=1S/C27H35N5O3/c1-31-13-7-6-10-24(31)22-16-21(35-3)17-23-25(22)26(33)30-27(29-23)32(28-12-15-34-2)14-11-19-8-4-5-9-20(19)18-32/h4-5,8-9,16-17,24,28H,6-7,10-15,18H2,1-3H3/p+1. The minimum atomic E-state index is -0.0912. The topological polar surface area (TPSA) is 79.5 Å². The van der Waals surface area contributed by atoms with E-state index in [1.165, 1.54) is 17.5 Å². The Morgan fingerprint density at radius 2 is 2.03 bits per heavy atom. The maximum atomic E-state index is 13.7. The van der Waals surface area contributed by atoms with Gasteiger partial charge >= 0.3 is 5.95 Å². The molecule has 2 unspecified atom stereocenters. The van der Waals surface area contributed by atoms with Gasteiger partial charge in [0.15, 0.2) is 0 Å². The average Bonchev–Trinajstić information content (AvgIpc) is 2.88. The van der Waals surface area contributed by atoms with Gasteiger partial charge in [0.2, 0.25) is 0 Å². The van der Waals surface area contributed by atoms with E-state index in [4.69, 9.17) is 14.5 Å². The molecule has 186 valence electrons. The van der Waals surface area contributed by atoms with Crippen molar-refractivity contribution < 1.29 is 9.47 Å². The van der Waals surface area contributed by atoms with Crippen LogP contribution in [0.15, 0.2) is 41.2 Å². The molecule has 8 heteroatoms. The molecular formula is C27H36N5O3+. The number of aromatic amines is 1. The van der Waals surface area contributed by atoms with Crippen LogP contribution in [-0.2, 0) is 17.7 Å². The third-order valence-electron chi connectivity index (χ3n) is 7.61. The van der Waals surface area contributed by atoms with Gasteiger partial charge in [-0.2, -0.15) is 15.0 Å². The molecule has 35 heavy (non-hydrogen) atoms. The molecule has 1 saturated heterocycles. The summed E-state index contributed by atoms with van der Waals surface area (Å²) in [6.07, 6.45) is 4.26. The Kier molecular flexibility index (Phi) is 6.88. The first-order valence-corrected chi connectivity index (χ1v) is 12.6. The molecule has 0 spiro atoms. The largest absolute Gasteiger partial charge is 0.497 e. The summed E-state index contributed by atoms with van der Waals surface area (Å²) in [5.74, 6) is 1.36. The van der Waals surface area contributed by atoms with Crippen LogP contribution in [0, 0.1) is 0 Å². The highest BCUT2D eigenvalue weighted by atomic mass is 16.5. The third kappa shape index (κ3) is 4.59. The molecule has 5 rings (SSSR count). The fourth-order valence-corrected chi connectivity index (χ4v) is 5.70. The monoisotopic (exact) mass is 478 g/mol. The molecule has 0 aliphatic carbocycles. The van der Waals surface area contributed by atoms with Gasteiger partial charge in [-0.3, -0.25) is 14.7 Å². The number of ether oxygens (including phenoxy) is 2. The number of methoxy groups -OCH3 is 2. The summed E-state index contributed by atoms with van der Waals surface area (Å²) < 4.78 is 11.3. The van der Waals surface area contributed by atoms with Gasteiger partial charge in [-0.05, 0) is 43.6 Å². The first kappa shape index (κ1) is 23.9. The fourth-order valence-electron chi connectivity index (χ4n) is 5.70. The Hall–Kier alpha value is -2.78. The van der Waals surface area contributed by atoms with E-state index in [-0.39, 0.29) is 11.6 Å². The number of quaternary nitrogens is 1. The van der Waals surface area contributed by atoms with Crippen molar-refractivity contribution in [3.63, 3.8) is 0 Å². The van der Waals surface area contributed by atoms with E-state index in [0.29, 0.717) is 41.1 Å². The fraction of sp³-hybridized carbons (Fsp3) is 0.481. The molecule has 2 aromatic carbocycles. The summed E-state index contributed by atoms with van der Waals surface area (Å²) >= 11 is 0. The summed E-state index contributed by atoms with van der Waals surface area (Å²) in [6.45, 7) is 3.74. The van der Waals surface area contributed by atoms with Crippen molar-refractivity contribution in [2.24, 2.45) is 0 Å². The van der Waals surface area contributed by atoms with Gasteiger partial charge in [-0.25, -0.2) is 0 Å². The summed E-state index contributed by atoms with van der Waals surface area (Å²) in [6, 6.07) is 12.6. The summed E-state index contributed by atoms with van der Waals surface area (Å²) in [4.78, 5) is 24.3. The predicted molar refractivity (Wildman–Crippen MR) is 139 cm³/mol. The van der Waals surface area contributed by atoms with Crippen LogP contribution in [0.3, 0.4) is 0 Å². The Bertz CT molecular complexity index is 1260. The van der Waals surface area contributed by atoms with Crippen molar-refractivity contribution in [3.8, 4) is 5.75 Å². The van der Waals surface area contributed by atoms with Crippen LogP contribution in [0.4, 0.5) is 5.95 Å². The number of nitrogens with zero attached hydrogens (tertiary/aromatic N) is 3. The number of likely N-dealkylation sites (tertiary alicyclic amines) is 1. The zero-order valence-corrected chi connectivity index (χ0v) is 21.0. The van der Waals surface area contributed by atoms with Crippen molar-refractivity contribution in [2.75, 3.05) is 47.5 Å². The van der Waals surface area contributed by atoms with Crippen molar-refractivity contribution >= 4 is 16.9 Å². The molecule has 1 aromatic heterocycles. The zero-order chi connectivity index (χ0) is 24.4. The number of rotatable bonds is 7. The maximum Gasteiger partial charge on any atom is 0.330 e. The van der Waals surface area contributed by atoms with Gasteiger partial charge in [0.05, 0.1) is 31.2 Å². The number of hydrogen-bond donors (Lipinski definition) is 2. The third-order valence-corrected chi connectivity index (χ3v) is 7.61. The van der Waals surface area contributed by atoms with E-state index in [2.05, 4.69) is 46.6 Å².